The lowest BCUT2D eigenvalue weighted by Crippen LogP contribution is -1.95. The molecule has 0 atom stereocenters. The summed E-state index contributed by atoms with van der Waals surface area (Å²) in [4.78, 5) is 0. The Hall–Kier alpha value is -3.84. The van der Waals surface area contributed by atoms with E-state index in [0.29, 0.717) is 0 Å². The van der Waals surface area contributed by atoms with Crippen LogP contribution in [0, 0.1) is 0 Å². The molecule has 0 aliphatic carbocycles. The van der Waals surface area contributed by atoms with Gasteiger partial charge < -0.3 is 5.32 Å². The van der Waals surface area contributed by atoms with Crippen molar-refractivity contribution in [3.8, 4) is 0 Å². The molecule has 4 aromatic rings. The molecule has 0 spiro atoms. The van der Waals surface area contributed by atoms with Crippen molar-refractivity contribution < 1.29 is 0 Å². The third kappa shape index (κ3) is 5.12. The molecule has 0 heterocycles. The number of rotatable bonds is 6. The third-order valence-corrected chi connectivity index (χ3v) is 4.70. The van der Waals surface area contributed by atoms with Gasteiger partial charge in [0.25, 0.3) is 0 Å². The fourth-order valence-electron chi connectivity index (χ4n) is 3.16. The van der Waals surface area contributed by atoms with Crippen molar-refractivity contribution in [3.63, 3.8) is 0 Å². The van der Waals surface area contributed by atoms with E-state index >= 15 is 0 Å². The van der Waals surface area contributed by atoms with Crippen LogP contribution in [0.25, 0.3) is 24.3 Å². The lowest BCUT2D eigenvalue weighted by atomic mass is 10.1. The summed E-state index contributed by atoms with van der Waals surface area (Å²) < 4.78 is 0. The maximum Gasteiger partial charge on any atom is 0.0457 e. The van der Waals surface area contributed by atoms with Gasteiger partial charge in [-0.15, -0.1) is 0 Å². The lowest BCUT2D eigenvalue weighted by molar-refractivity contribution is 1.52. The molecule has 29 heavy (non-hydrogen) atoms. The molecule has 1 heteroatoms. The van der Waals surface area contributed by atoms with Crippen LogP contribution in [0.3, 0.4) is 0 Å². The van der Waals surface area contributed by atoms with Crippen molar-refractivity contribution in [2.75, 3.05) is 5.32 Å². The van der Waals surface area contributed by atoms with Gasteiger partial charge in [-0.1, -0.05) is 121 Å². The van der Waals surface area contributed by atoms with Gasteiger partial charge in [0.1, 0.15) is 0 Å². The third-order valence-electron chi connectivity index (χ3n) is 4.70. The van der Waals surface area contributed by atoms with Crippen LogP contribution in [0.2, 0.25) is 0 Å². The molecular weight excluding hydrogens is 350 g/mol. The summed E-state index contributed by atoms with van der Waals surface area (Å²) in [7, 11) is 0. The number of para-hydroxylation sites is 2. The van der Waals surface area contributed by atoms with Gasteiger partial charge in [0, 0.05) is 11.4 Å². The highest BCUT2D eigenvalue weighted by Crippen LogP contribution is 2.26. The number of anilines is 2. The highest BCUT2D eigenvalue weighted by atomic mass is 14.9. The fourth-order valence-corrected chi connectivity index (χ4v) is 3.16. The van der Waals surface area contributed by atoms with E-state index in [1.807, 2.05) is 12.1 Å². The summed E-state index contributed by atoms with van der Waals surface area (Å²) in [5.41, 5.74) is 6.85. The first-order chi connectivity index (χ1) is 14.4. The Kier molecular flexibility index (Phi) is 5.99. The summed E-state index contributed by atoms with van der Waals surface area (Å²) >= 11 is 0. The van der Waals surface area contributed by atoms with Crippen LogP contribution >= 0.6 is 0 Å². The Morgan fingerprint density at radius 3 is 1.21 bits per heavy atom. The zero-order valence-electron chi connectivity index (χ0n) is 16.2. The number of nitrogens with one attached hydrogen (secondary N) is 1. The van der Waals surface area contributed by atoms with Gasteiger partial charge in [-0.05, 0) is 34.4 Å². The van der Waals surface area contributed by atoms with E-state index in [9.17, 15) is 0 Å². The number of benzene rings is 4. The largest absolute Gasteiger partial charge is 0.355 e. The molecule has 0 aliphatic heterocycles. The second kappa shape index (κ2) is 9.38. The van der Waals surface area contributed by atoms with E-state index in [4.69, 9.17) is 0 Å². The Morgan fingerprint density at radius 1 is 0.379 bits per heavy atom. The number of hydrogen-bond acceptors (Lipinski definition) is 1. The topological polar surface area (TPSA) is 12.0 Å². The Labute approximate surface area is 172 Å². The van der Waals surface area contributed by atoms with Gasteiger partial charge in [-0.3, -0.25) is 0 Å². The highest BCUT2D eigenvalue weighted by Gasteiger charge is 2.03. The molecule has 0 saturated heterocycles. The summed E-state index contributed by atoms with van der Waals surface area (Å²) in [6.45, 7) is 0. The van der Waals surface area contributed by atoms with Crippen LogP contribution < -0.4 is 5.32 Å². The molecule has 1 N–H and O–H groups in total. The lowest BCUT2D eigenvalue weighted by Gasteiger charge is -2.12. The molecule has 140 valence electrons. The van der Waals surface area contributed by atoms with Crippen molar-refractivity contribution in [3.05, 3.63) is 131 Å². The van der Waals surface area contributed by atoms with Crippen LogP contribution in [0.1, 0.15) is 22.3 Å². The predicted octanol–water partition coefficient (Wildman–Crippen LogP) is 7.77. The minimum Gasteiger partial charge on any atom is -0.355 e. The quantitative estimate of drug-likeness (QED) is 0.340. The van der Waals surface area contributed by atoms with Crippen molar-refractivity contribution in [2.45, 2.75) is 0 Å². The van der Waals surface area contributed by atoms with E-state index < -0.39 is 0 Å². The Bertz CT molecular complexity index is 1020. The maximum atomic E-state index is 3.61. The maximum absolute atomic E-state index is 3.61. The zero-order chi connectivity index (χ0) is 19.7. The van der Waals surface area contributed by atoms with Crippen molar-refractivity contribution in [2.24, 2.45) is 0 Å². The van der Waals surface area contributed by atoms with Gasteiger partial charge in [0.2, 0.25) is 0 Å². The minimum atomic E-state index is 1.08. The Balaban J connectivity index is 1.59. The van der Waals surface area contributed by atoms with E-state index in [-0.39, 0.29) is 0 Å². The summed E-state index contributed by atoms with van der Waals surface area (Å²) in [5.74, 6) is 0. The first kappa shape index (κ1) is 18.5. The van der Waals surface area contributed by atoms with Crippen molar-refractivity contribution >= 4 is 35.7 Å². The molecule has 0 aliphatic rings. The molecule has 4 rings (SSSR count). The SMILES string of the molecule is C(=Cc1ccccc1Nc1ccccc1C=Cc1ccccc1)c1ccccc1. The number of hydrogen-bond donors (Lipinski definition) is 1. The highest BCUT2D eigenvalue weighted by molar-refractivity contribution is 5.83. The van der Waals surface area contributed by atoms with Gasteiger partial charge in [0.05, 0.1) is 0 Å². The molecule has 0 saturated carbocycles. The van der Waals surface area contributed by atoms with Gasteiger partial charge in [0.15, 0.2) is 0 Å². The van der Waals surface area contributed by atoms with Crippen LogP contribution in [-0.4, -0.2) is 0 Å². The molecule has 1 nitrogen and oxygen atoms in total. The Morgan fingerprint density at radius 2 is 0.759 bits per heavy atom. The minimum absolute atomic E-state index is 1.08. The normalized spacial score (nSPS) is 11.2. The first-order valence-corrected chi connectivity index (χ1v) is 9.80. The average molecular weight is 373 g/mol. The van der Waals surface area contributed by atoms with Crippen LogP contribution in [-0.2, 0) is 0 Å². The predicted molar refractivity (Wildman–Crippen MR) is 127 cm³/mol. The molecule has 0 aromatic heterocycles. The second-order valence-electron chi connectivity index (χ2n) is 6.79. The molecule has 4 aromatic carbocycles. The fraction of sp³-hybridized carbons (Fsp3) is 0. The monoisotopic (exact) mass is 373 g/mol. The van der Waals surface area contributed by atoms with Crippen molar-refractivity contribution in [1.82, 2.24) is 0 Å². The van der Waals surface area contributed by atoms with E-state index in [0.717, 1.165) is 22.5 Å². The zero-order valence-corrected chi connectivity index (χ0v) is 16.2. The van der Waals surface area contributed by atoms with E-state index in [1.54, 1.807) is 0 Å². The molecule has 0 radical (unpaired) electrons. The van der Waals surface area contributed by atoms with Crippen LogP contribution in [0.4, 0.5) is 11.4 Å². The standard InChI is InChI=1S/C28H23N/c1-3-11-23(12-4-1)19-21-25-15-7-9-17-27(25)29-28-18-10-8-16-26(28)22-20-24-13-5-2-6-14-24/h1-22,29H. The second-order valence-corrected chi connectivity index (χ2v) is 6.79. The van der Waals surface area contributed by atoms with E-state index in [2.05, 4.69) is 127 Å². The van der Waals surface area contributed by atoms with Gasteiger partial charge >= 0.3 is 0 Å². The van der Waals surface area contributed by atoms with Gasteiger partial charge in [-0.2, -0.15) is 0 Å². The molecule has 0 amide bonds. The van der Waals surface area contributed by atoms with E-state index in [1.165, 1.54) is 11.1 Å². The summed E-state index contributed by atoms with van der Waals surface area (Å²) in [6.07, 6.45) is 8.59. The molecule has 0 fully saturated rings. The molecule has 0 bridgehead atoms. The smallest absolute Gasteiger partial charge is 0.0457 e. The molecular formula is C28H23N. The van der Waals surface area contributed by atoms with Crippen LogP contribution in [0.15, 0.2) is 109 Å². The average Bonchev–Trinajstić information content (AvgIpc) is 2.79. The van der Waals surface area contributed by atoms with Gasteiger partial charge in [-0.25, -0.2) is 0 Å². The molecule has 0 unspecified atom stereocenters. The summed E-state index contributed by atoms with van der Waals surface area (Å²) in [6, 6.07) is 37.5. The first-order valence-electron chi connectivity index (χ1n) is 9.80. The van der Waals surface area contributed by atoms with Crippen molar-refractivity contribution in [1.29, 1.82) is 0 Å². The van der Waals surface area contributed by atoms with Crippen LogP contribution in [0.5, 0.6) is 0 Å². The summed E-state index contributed by atoms with van der Waals surface area (Å²) in [5, 5.41) is 3.61.